The van der Waals surface area contributed by atoms with Gasteiger partial charge >= 0.3 is 0 Å². The van der Waals surface area contributed by atoms with E-state index in [-0.39, 0.29) is 10.4 Å². The fourth-order valence-corrected chi connectivity index (χ4v) is 1.92. The molecule has 1 aromatic rings. The lowest BCUT2D eigenvalue weighted by molar-refractivity contribution is 0.304. The number of thiocarbonyl (C=S) groups is 1. The maximum absolute atomic E-state index is 13.3. The Morgan fingerprint density at radius 3 is 3.00 bits per heavy atom. The van der Waals surface area contributed by atoms with Gasteiger partial charge in [0, 0.05) is 25.9 Å². The summed E-state index contributed by atoms with van der Waals surface area (Å²) in [6, 6.07) is 1.46. The monoisotopic (exact) mass is 316 g/mol. The number of halogens is 2. The van der Waals surface area contributed by atoms with E-state index in [1.165, 1.54) is 6.07 Å². The van der Waals surface area contributed by atoms with Crippen LogP contribution >= 0.6 is 28.1 Å². The third-order valence-electron chi connectivity index (χ3n) is 2.41. The largest absolute Gasteiger partial charge is 0.477 e. The summed E-state index contributed by atoms with van der Waals surface area (Å²) < 4.78 is 18.7. The van der Waals surface area contributed by atoms with Gasteiger partial charge in [-0.25, -0.2) is 9.37 Å². The lowest BCUT2D eigenvalue weighted by Gasteiger charge is -2.19. The summed E-state index contributed by atoms with van der Waals surface area (Å²) >= 11 is 7.94. The van der Waals surface area contributed by atoms with E-state index in [2.05, 4.69) is 20.9 Å². The summed E-state index contributed by atoms with van der Waals surface area (Å²) in [4.78, 5) is 5.87. The Bertz CT molecular complexity index is 492. The zero-order valence-electron chi connectivity index (χ0n) is 9.11. The van der Waals surface area contributed by atoms with Crippen molar-refractivity contribution in [2.45, 2.75) is 6.54 Å². The first kappa shape index (κ1) is 12.4. The summed E-state index contributed by atoms with van der Waals surface area (Å²) in [5.74, 6) is -0.358. The number of ether oxygens (including phenoxy) is 1. The molecule has 0 amide bonds. The van der Waals surface area contributed by atoms with Gasteiger partial charge in [0.05, 0.1) is 5.70 Å². The lowest BCUT2D eigenvalue weighted by Crippen LogP contribution is -2.18. The highest BCUT2D eigenvalue weighted by atomic mass is 79.9. The molecule has 6 heteroatoms. The molecule has 0 spiro atoms. The first-order valence-corrected chi connectivity index (χ1v) is 6.15. The van der Waals surface area contributed by atoms with Crippen LogP contribution in [0.3, 0.4) is 0 Å². The van der Waals surface area contributed by atoms with E-state index >= 15 is 0 Å². The molecule has 2 rings (SSSR count). The molecular weight excluding hydrogens is 307 g/mol. The molecule has 0 bridgehead atoms. The van der Waals surface area contributed by atoms with Crippen LogP contribution in [-0.4, -0.2) is 28.6 Å². The minimum absolute atomic E-state index is 0.230. The van der Waals surface area contributed by atoms with Crippen LogP contribution in [0.25, 0.3) is 0 Å². The molecule has 0 aromatic carbocycles. The lowest BCUT2D eigenvalue weighted by atomic mass is 10.2. The fourth-order valence-electron chi connectivity index (χ4n) is 1.51. The van der Waals surface area contributed by atoms with Crippen molar-refractivity contribution in [3.63, 3.8) is 0 Å². The Hall–Kier alpha value is -1.01. The molecule has 0 fully saturated rings. The second kappa shape index (κ2) is 5.10. The molecule has 0 radical (unpaired) electrons. The van der Waals surface area contributed by atoms with E-state index in [0.29, 0.717) is 18.2 Å². The van der Waals surface area contributed by atoms with Gasteiger partial charge < -0.3 is 9.64 Å². The van der Waals surface area contributed by atoms with Crippen LogP contribution in [0.2, 0.25) is 0 Å². The van der Waals surface area contributed by atoms with Crippen molar-refractivity contribution in [3.05, 3.63) is 40.0 Å². The van der Waals surface area contributed by atoms with Gasteiger partial charge in [0.1, 0.15) is 11.2 Å². The normalized spacial score (nSPS) is 14.5. The molecule has 0 aliphatic carbocycles. The van der Waals surface area contributed by atoms with E-state index in [1.807, 2.05) is 11.9 Å². The Labute approximate surface area is 112 Å². The van der Waals surface area contributed by atoms with Gasteiger partial charge in [-0.2, -0.15) is 0 Å². The highest BCUT2D eigenvalue weighted by Crippen LogP contribution is 2.17. The van der Waals surface area contributed by atoms with E-state index in [4.69, 9.17) is 17.0 Å². The molecule has 3 nitrogen and oxygen atoms in total. The highest BCUT2D eigenvalue weighted by molar-refractivity contribution is 9.10. The predicted octanol–water partition coefficient (Wildman–Crippen LogP) is 2.66. The Morgan fingerprint density at radius 1 is 1.65 bits per heavy atom. The summed E-state index contributed by atoms with van der Waals surface area (Å²) in [5, 5.41) is 0.493. The van der Waals surface area contributed by atoms with Gasteiger partial charge in [0.15, 0.2) is 10.9 Å². The molecule has 0 unspecified atom stereocenters. The maximum Gasteiger partial charge on any atom is 0.186 e. The number of hydrogen-bond acceptors (Lipinski definition) is 4. The van der Waals surface area contributed by atoms with Crippen LogP contribution in [-0.2, 0) is 11.3 Å². The van der Waals surface area contributed by atoms with Crippen LogP contribution in [0.15, 0.2) is 28.6 Å². The highest BCUT2D eigenvalue weighted by Gasteiger charge is 2.14. The molecule has 0 N–H and O–H groups in total. The minimum atomic E-state index is -0.358. The first-order valence-electron chi connectivity index (χ1n) is 4.94. The second-order valence-electron chi connectivity index (χ2n) is 3.72. The van der Waals surface area contributed by atoms with Gasteiger partial charge in [-0.1, -0.05) is 0 Å². The molecule has 90 valence electrons. The van der Waals surface area contributed by atoms with Gasteiger partial charge in [-0.15, -0.1) is 0 Å². The van der Waals surface area contributed by atoms with Crippen LogP contribution in [0.4, 0.5) is 4.39 Å². The average Bonchev–Trinajstić information content (AvgIpc) is 2.70. The molecule has 1 aromatic heterocycles. The Kier molecular flexibility index (Phi) is 3.73. The molecule has 0 saturated carbocycles. The number of aromatic nitrogens is 1. The predicted molar refractivity (Wildman–Crippen MR) is 70.0 cm³/mol. The second-order valence-corrected chi connectivity index (χ2v) is 4.87. The van der Waals surface area contributed by atoms with Gasteiger partial charge in [0.25, 0.3) is 0 Å². The Balaban J connectivity index is 2.08. The van der Waals surface area contributed by atoms with Crippen molar-refractivity contribution in [3.8, 4) is 0 Å². The minimum Gasteiger partial charge on any atom is -0.477 e. The van der Waals surface area contributed by atoms with E-state index in [9.17, 15) is 4.39 Å². The topological polar surface area (TPSA) is 25.4 Å². The van der Waals surface area contributed by atoms with Crippen molar-refractivity contribution in [2.24, 2.45) is 0 Å². The molecule has 1 aliphatic rings. The summed E-state index contributed by atoms with van der Waals surface area (Å²) in [7, 11) is 1.91. The van der Waals surface area contributed by atoms with E-state index in [0.717, 1.165) is 11.3 Å². The Morgan fingerprint density at radius 2 is 2.41 bits per heavy atom. The third-order valence-corrected chi connectivity index (χ3v) is 3.23. The molecular formula is C11H10BrFN2OS. The van der Waals surface area contributed by atoms with Crippen LogP contribution in [0.5, 0.6) is 0 Å². The van der Waals surface area contributed by atoms with Crippen molar-refractivity contribution in [1.29, 1.82) is 0 Å². The van der Waals surface area contributed by atoms with Crippen molar-refractivity contribution in [2.75, 3.05) is 13.7 Å². The molecule has 1 aliphatic heterocycles. The molecule has 2 heterocycles. The maximum atomic E-state index is 13.3. The summed E-state index contributed by atoms with van der Waals surface area (Å²) in [6.07, 6.45) is 3.44. The van der Waals surface area contributed by atoms with Gasteiger partial charge in [-0.05, 0) is 39.8 Å². The summed E-state index contributed by atoms with van der Waals surface area (Å²) in [6.45, 7) is 1.04. The number of hydrogen-bond donors (Lipinski definition) is 0. The van der Waals surface area contributed by atoms with Gasteiger partial charge in [-0.3, -0.25) is 0 Å². The van der Waals surface area contributed by atoms with Crippen LogP contribution < -0.4 is 0 Å². The quantitative estimate of drug-likeness (QED) is 0.632. The van der Waals surface area contributed by atoms with Crippen molar-refractivity contribution < 1.29 is 9.13 Å². The standard InChI is InChI=1S/C11H10BrFN2OS/c1-15(8-3-10(17)16-6-8)5-7-2-9(13)11(12)14-4-7/h2-4H,5-6H2,1H3. The van der Waals surface area contributed by atoms with Gasteiger partial charge in [0.2, 0.25) is 0 Å². The number of rotatable bonds is 3. The number of nitrogens with zero attached hydrogens (tertiary/aromatic N) is 2. The van der Waals surface area contributed by atoms with E-state index < -0.39 is 0 Å². The molecule has 0 saturated heterocycles. The third kappa shape index (κ3) is 3.01. The van der Waals surface area contributed by atoms with Crippen molar-refractivity contribution in [1.82, 2.24) is 9.88 Å². The smallest absolute Gasteiger partial charge is 0.186 e. The number of pyridine rings is 1. The zero-order valence-corrected chi connectivity index (χ0v) is 11.5. The van der Waals surface area contributed by atoms with Crippen LogP contribution in [0.1, 0.15) is 5.56 Å². The SMILES string of the molecule is CN(Cc1cnc(Br)c(F)c1)C1=CC(=S)OC1. The van der Waals surface area contributed by atoms with Crippen molar-refractivity contribution >= 4 is 33.2 Å². The number of likely N-dealkylation sites (N-methyl/N-ethyl adjacent to an activating group) is 1. The average molecular weight is 317 g/mol. The first-order chi connectivity index (χ1) is 8.06. The molecule has 17 heavy (non-hydrogen) atoms. The molecule has 0 atom stereocenters. The van der Waals surface area contributed by atoms with Crippen LogP contribution in [0, 0.1) is 5.82 Å². The fraction of sp³-hybridized carbons (Fsp3) is 0.273. The summed E-state index contributed by atoms with van der Waals surface area (Å²) in [5.41, 5.74) is 1.78. The zero-order chi connectivity index (χ0) is 12.4. The van der Waals surface area contributed by atoms with E-state index in [1.54, 1.807) is 12.3 Å².